The van der Waals surface area contributed by atoms with Crippen LogP contribution in [0.1, 0.15) is 19.4 Å². The Morgan fingerprint density at radius 2 is 1.67 bits per heavy atom. The Morgan fingerprint density at radius 3 is 2.04 bits per heavy atom. The number of phosphoric acid groups is 1. The maximum absolute atomic E-state index is 12.5. The Bertz CT molecular complexity index is 734. The third kappa shape index (κ3) is 4.90. The van der Waals surface area contributed by atoms with Crippen molar-refractivity contribution in [3.63, 3.8) is 0 Å². The van der Waals surface area contributed by atoms with Crippen LogP contribution in [0.5, 0.6) is 0 Å². The Kier molecular flexibility index (Phi) is 7.09. The Labute approximate surface area is 138 Å². The molecule has 0 spiro atoms. The van der Waals surface area contributed by atoms with E-state index >= 15 is 0 Å². The van der Waals surface area contributed by atoms with E-state index < -0.39 is 18.3 Å². The predicted octanol–water partition coefficient (Wildman–Crippen LogP) is 3.55. The predicted molar refractivity (Wildman–Crippen MR) is 83.2 cm³/mol. The fourth-order valence-corrected chi connectivity index (χ4v) is 2.85. The van der Waals surface area contributed by atoms with E-state index in [1.54, 1.807) is 26.0 Å². The first-order chi connectivity index (χ1) is 11.4. The van der Waals surface area contributed by atoms with Gasteiger partial charge in [0.05, 0.1) is 18.1 Å². The quantitative estimate of drug-likeness (QED) is 0.228. The summed E-state index contributed by atoms with van der Waals surface area (Å²) in [5, 5.41) is 28.8. The highest BCUT2D eigenvalue weighted by Crippen LogP contribution is 2.53. The third-order valence-electron chi connectivity index (χ3n) is 2.57. The first-order valence-corrected chi connectivity index (χ1v) is 8.24. The van der Waals surface area contributed by atoms with Gasteiger partial charge < -0.3 is 4.52 Å². The topological polar surface area (TPSA) is 135 Å². The van der Waals surface area contributed by atoms with Crippen LogP contribution in [0.2, 0.25) is 0 Å². The zero-order valence-corrected chi connectivity index (χ0v) is 13.9. The summed E-state index contributed by atoms with van der Waals surface area (Å²) in [6.07, 6.45) is 0. The van der Waals surface area contributed by atoms with E-state index in [1.165, 1.54) is 12.1 Å². The molecule has 1 rings (SSSR count). The summed E-state index contributed by atoms with van der Waals surface area (Å²) >= 11 is 0. The number of non-ortho nitro benzene ring substituents is 1. The SMILES string of the molecule is CCOP(=O)(OCC)OC(=C(C#N)C#N)c1ccc([N+](=O)[O-])cc1. The van der Waals surface area contributed by atoms with Gasteiger partial charge in [-0.2, -0.15) is 10.5 Å². The average Bonchev–Trinajstić information content (AvgIpc) is 2.55. The number of phosphoric ester groups is 1. The number of benzene rings is 1. The van der Waals surface area contributed by atoms with Crippen molar-refractivity contribution in [2.24, 2.45) is 0 Å². The Balaban J connectivity index is 3.36. The monoisotopic (exact) mass is 351 g/mol. The second-order valence-electron chi connectivity index (χ2n) is 4.11. The van der Waals surface area contributed by atoms with Gasteiger partial charge in [0.15, 0.2) is 11.3 Å². The molecule has 1 aromatic carbocycles. The molecule has 1 aromatic rings. The first-order valence-electron chi connectivity index (χ1n) is 6.78. The van der Waals surface area contributed by atoms with Gasteiger partial charge >= 0.3 is 7.82 Å². The van der Waals surface area contributed by atoms with E-state index in [2.05, 4.69) is 0 Å². The van der Waals surface area contributed by atoms with Crippen molar-refractivity contribution >= 4 is 19.3 Å². The van der Waals surface area contributed by atoms with E-state index in [1.807, 2.05) is 0 Å². The molecule has 0 aliphatic rings. The van der Waals surface area contributed by atoms with Gasteiger partial charge in [-0.25, -0.2) is 4.57 Å². The lowest BCUT2D eigenvalue weighted by atomic mass is 10.1. The summed E-state index contributed by atoms with van der Waals surface area (Å²) in [6, 6.07) is 8.11. The van der Waals surface area contributed by atoms with Gasteiger partial charge in [0.2, 0.25) is 0 Å². The number of nitriles is 2. The van der Waals surface area contributed by atoms with Crippen LogP contribution in [-0.2, 0) is 18.1 Å². The molecule has 0 aromatic heterocycles. The fourth-order valence-electron chi connectivity index (χ4n) is 1.62. The lowest BCUT2D eigenvalue weighted by molar-refractivity contribution is -0.384. The van der Waals surface area contributed by atoms with Crippen LogP contribution in [-0.4, -0.2) is 18.1 Å². The Morgan fingerprint density at radius 1 is 1.17 bits per heavy atom. The average molecular weight is 351 g/mol. The molecule has 10 heteroatoms. The van der Waals surface area contributed by atoms with E-state index in [0.717, 1.165) is 12.1 Å². The van der Waals surface area contributed by atoms with Gasteiger partial charge in [-0.1, -0.05) is 0 Å². The number of nitrogens with zero attached hydrogens (tertiary/aromatic N) is 3. The highest BCUT2D eigenvalue weighted by molar-refractivity contribution is 7.48. The smallest absolute Gasteiger partial charge is 0.401 e. The molecule has 0 heterocycles. The molecule has 0 aliphatic heterocycles. The number of hydrogen-bond donors (Lipinski definition) is 0. The molecule has 24 heavy (non-hydrogen) atoms. The van der Waals surface area contributed by atoms with Gasteiger partial charge in [-0.15, -0.1) is 0 Å². The Hall–Kier alpha value is -2.71. The highest BCUT2D eigenvalue weighted by atomic mass is 31.2. The van der Waals surface area contributed by atoms with Gasteiger partial charge in [0.1, 0.15) is 12.1 Å². The van der Waals surface area contributed by atoms with Crippen molar-refractivity contribution in [2.45, 2.75) is 13.8 Å². The van der Waals surface area contributed by atoms with Crippen LogP contribution in [0.25, 0.3) is 5.76 Å². The van der Waals surface area contributed by atoms with E-state index in [4.69, 9.17) is 24.1 Å². The molecule has 0 unspecified atom stereocenters. The number of rotatable bonds is 8. The summed E-state index contributed by atoms with van der Waals surface area (Å²) in [4.78, 5) is 10.1. The first kappa shape index (κ1) is 19.3. The van der Waals surface area contributed by atoms with Gasteiger partial charge in [-0.3, -0.25) is 19.2 Å². The number of nitro groups is 1. The minimum atomic E-state index is -4.05. The molecule has 0 N–H and O–H groups in total. The largest absolute Gasteiger partial charge is 0.530 e. The molecule has 9 nitrogen and oxygen atoms in total. The van der Waals surface area contributed by atoms with Crippen LogP contribution in [0.4, 0.5) is 5.69 Å². The summed E-state index contributed by atoms with van der Waals surface area (Å²) in [7, 11) is -4.05. The summed E-state index contributed by atoms with van der Waals surface area (Å²) in [5.41, 5.74) is -0.506. The van der Waals surface area contributed by atoms with Crippen molar-refractivity contribution in [3.8, 4) is 12.1 Å². The maximum Gasteiger partial charge on any atom is 0.530 e. The van der Waals surface area contributed by atoms with Crippen molar-refractivity contribution in [1.29, 1.82) is 10.5 Å². The molecular weight excluding hydrogens is 337 g/mol. The number of allylic oxidation sites excluding steroid dienone is 1. The minimum absolute atomic E-state index is 0.0132. The zero-order valence-electron chi connectivity index (χ0n) is 13.0. The molecule has 0 fully saturated rings. The van der Waals surface area contributed by atoms with Crippen molar-refractivity contribution in [3.05, 3.63) is 45.5 Å². The maximum atomic E-state index is 12.5. The van der Waals surface area contributed by atoms with Gasteiger partial charge in [-0.05, 0) is 26.0 Å². The summed E-state index contributed by atoms with van der Waals surface area (Å²) < 4.78 is 27.7. The normalized spacial score (nSPS) is 10.3. The van der Waals surface area contributed by atoms with Crippen LogP contribution >= 0.6 is 7.82 Å². The van der Waals surface area contributed by atoms with Crippen LogP contribution < -0.4 is 0 Å². The van der Waals surface area contributed by atoms with Crippen LogP contribution in [0.15, 0.2) is 29.8 Å². The lowest BCUT2D eigenvalue weighted by Gasteiger charge is -2.19. The molecule has 126 valence electrons. The minimum Gasteiger partial charge on any atom is -0.401 e. The van der Waals surface area contributed by atoms with Crippen molar-refractivity contribution in [2.75, 3.05) is 13.2 Å². The number of hydrogen-bond acceptors (Lipinski definition) is 8. The lowest BCUT2D eigenvalue weighted by Crippen LogP contribution is -2.02. The molecule has 0 aliphatic carbocycles. The number of nitro benzene ring substituents is 1. The second kappa shape index (κ2) is 8.80. The van der Waals surface area contributed by atoms with Crippen molar-refractivity contribution < 1.29 is 23.1 Å². The second-order valence-corrected chi connectivity index (χ2v) is 5.70. The third-order valence-corrected chi connectivity index (χ3v) is 4.12. The summed E-state index contributed by atoms with van der Waals surface area (Å²) in [6.45, 7) is 3.16. The zero-order chi connectivity index (χ0) is 18.2. The highest BCUT2D eigenvalue weighted by Gasteiger charge is 2.30. The molecule has 0 saturated heterocycles. The standard InChI is InChI=1S/C14H14N3O6P/c1-3-21-24(20,22-4-2)23-14(12(9-15)10-16)11-5-7-13(8-6-11)17(18)19/h5-8H,3-4H2,1-2H3. The molecule has 0 saturated carbocycles. The van der Waals surface area contributed by atoms with Crippen molar-refractivity contribution in [1.82, 2.24) is 0 Å². The molecule has 0 radical (unpaired) electrons. The van der Waals surface area contributed by atoms with E-state index in [0.29, 0.717) is 0 Å². The van der Waals surface area contributed by atoms with Gasteiger partial charge in [0, 0.05) is 17.7 Å². The molecule has 0 amide bonds. The molecule has 0 atom stereocenters. The van der Waals surface area contributed by atoms with E-state index in [9.17, 15) is 14.7 Å². The van der Waals surface area contributed by atoms with Crippen LogP contribution in [0.3, 0.4) is 0 Å². The molecular formula is C14H14N3O6P. The van der Waals surface area contributed by atoms with E-state index in [-0.39, 0.29) is 30.2 Å². The summed E-state index contributed by atoms with van der Waals surface area (Å²) in [5.74, 6) is -0.333. The molecule has 0 bridgehead atoms. The fraction of sp³-hybridized carbons (Fsp3) is 0.286. The van der Waals surface area contributed by atoms with Gasteiger partial charge in [0.25, 0.3) is 5.69 Å². The van der Waals surface area contributed by atoms with Crippen LogP contribution in [0, 0.1) is 32.8 Å².